The first-order valence-electron chi connectivity index (χ1n) is 13.1. The molecule has 4 aromatic carbocycles. The third-order valence-corrected chi connectivity index (χ3v) is 7.72. The third-order valence-electron chi connectivity index (χ3n) is 7.72. The van der Waals surface area contributed by atoms with Crippen LogP contribution in [0.5, 0.6) is 0 Å². The Morgan fingerprint density at radius 1 is 0.571 bits per heavy atom. The second kappa shape index (κ2) is 9.92. The Morgan fingerprint density at radius 2 is 1.14 bits per heavy atom. The molecule has 1 aliphatic carbocycles. The SMILES string of the molecule is C1=[N+](C2CCCCC2)[C@@H](c2ccccc2)[C@H](c2ccccc2)N1c1ccccc1-c1ccccc1. The van der Waals surface area contributed by atoms with E-state index >= 15 is 0 Å². The number of hydrogen-bond donors (Lipinski definition) is 0. The summed E-state index contributed by atoms with van der Waals surface area (Å²) in [5.41, 5.74) is 6.56. The van der Waals surface area contributed by atoms with Gasteiger partial charge < -0.3 is 0 Å². The lowest BCUT2D eigenvalue weighted by Gasteiger charge is -2.29. The highest BCUT2D eigenvalue weighted by Gasteiger charge is 2.47. The first-order chi connectivity index (χ1) is 17.4. The van der Waals surface area contributed by atoms with E-state index in [9.17, 15) is 0 Å². The molecule has 0 saturated heterocycles. The van der Waals surface area contributed by atoms with E-state index in [0.29, 0.717) is 6.04 Å². The van der Waals surface area contributed by atoms with E-state index in [0.717, 1.165) is 0 Å². The molecule has 2 aliphatic rings. The van der Waals surface area contributed by atoms with Crippen molar-refractivity contribution < 1.29 is 4.58 Å². The minimum atomic E-state index is 0.199. The summed E-state index contributed by atoms with van der Waals surface area (Å²) in [6.45, 7) is 0. The fraction of sp³-hybridized carbons (Fsp3) is 0.242. The van der Waals surface area contributed by atoms with Gasteiger partial charge in [-0.25, -0.2) is 4.90 Å². The standard InChI is InChI=1S/C33H33N2/c1-5-15-26(16-6-1)30-23-13-14-24-31(30)35-25-34(29-21-11-4-12-22-29)32(27-17-7-2-8-18-27)33(35)28-19-9-3-10-20-28/h1-3,5-10,13-20,23-25,29,32-33H,4,11-12,21-22H2/q+1/t32-,33-/m0/s1. The van der Waals surface area contributed by atoms with Gasteiger partial charge in [0.25, 0.3) is 0 Å². The molecule has 0 bridgehead atoms. The largest absolute Gasteiger partial charge is 0.254 e. The van der Waals surface area contributed by atoms with E-state index in [1.807, 2.05) is 0 Å². The summed E-state index contributed by atoms with van der Waals surface area (Å²) in [6, 6.07) is 43.0. The van der Waals surface area contributed by atoms with Crippen molar-refractivity contribution in [3.05, 3.63) is 126 Å². The summed E-state index contributed by atoms with van der Waals surface area (Å²) in [4.78, 5) is 2.56. The maximum Gasteiger partial charge on any atom is 0.240 e. The maximum absolute atomic E-state index is 2.70. The highest BCUT2D eigenvalue weighted by Crippen LogP contribution is 2.46. The van der Waals surface area contributed by atoms with Crippen LogP contribution in [-0.2, 0) is 0 Å². The van der Waals surface area contributed by atoms with E-state index in [-0.39, 0.29) is 12.1 Å². The Hall–Kier alpha value is -3.65. The molecule has 0 N–H and O–H groups in total. The van der Waals surface area contributed by atoms with Crippen LogP contribution in [0.2, 0.25) is 0 Å². The van der Waals surface area contributed by atoms with Crippen molar-refractivity contribution in [3.8, 4) is 11.1 Å². The Balaban J connectivity index is 1.54. The van der Waals surface area contributed by atoms with Gasteiger partial charge in [0.15, 0.2) is 12.1 Å². The molecule has 0 spiro atoms. The van der Waals surface area contributed by atoms with Crippen LogP contribution in [0.1, 0.15) is 55.3 Å². The van der Waals surface area contributed by atoms with Gasteiger partial charge in [0.05, 0.1) is 6.04 Å². The molecule has 174 valence electrons. The summed E-state index contributed by atoms with van der Waals surface area (Å²) >= 11 is 0. The quantitative estimate of drug-likeness (QED) is 0.275. The lowest BCUT2D eigenvalue weighted by atomic mass is 9.89. The first kappa shape index (κ1) is 21.9. The third kappa shape index (κ3) is 4.30. The van der Waals surface area contributed by atoms with Crippen molar-refractivity contribution in [2.24, 2.45) is 0 Å². The minimum Gasteiger partial charge on any atom is -0.254 e. The van der Waals surface area contributed by atoms with Gasteiger partial charge in [-0.2, -0.15) is 0 Å². The van der Waals surface area contributed by atoms with Gasteiger partial charge in [0.2, 0.25) is 6.34 Å². The van der Waals surface area contributed by atoms with Crippen molar-refractivity contribution in [3.63, 3.8) is 0 Å². The number of rotatable bonds is 5. The van der Waals surface area contributed by atoms with E-state index in [4.69, 9.17) is 0 Å². The van der Waals surface area contributed by atoms with E-state index < -0.39 is 0 Å². The van der Waals surface area contributed by atoms with Gasteiger partial charge >= 0.3 is 0 Å². The molecule has 0 radical (unpaired) electrons. The summed E-state index contributed by atoms with van der Waals surface area (Å²) in [7, 11) is 0. The zero-order valence-electron chi connectivity index (χ0n) is 20.2. The molecule has 2 nitrogen and oxygen atoms in total. The molecule has 1 fully saturated rings. The topological polar surface area (TPSA) is 6.25 Å². The Labute approximate surface area is 209 Å². The Morgan fingerprint density at radius 3 is 1.83 bits per heavy atom. The Kier molecular flexibility index (Phi) is 6.19. The van der Waals surface area contributed by atoms with Crippen LogP contribution in [0.25, 0.3) is 11.1 Å². The van der Waals surface area contributed by atoms with Crippen LogP contribution >= 0.6 is 0 Å². The predicted octanol–water partition coefficient (Wildman–Crippen LogP) is 8.03. The van der Waals surface area contributed by atoms with Gasteiger partial charge in [-0.3, -0.25) is 4.58 Å². The van der Waals surface area contributed by atoms with E-state index in [1.165, 1.54) is 60.0 Å². The van der Waals surface area contributed by atoms with Crippen LogP contribution in [0.3, 0.4) is 0 Å². The second-order valence-corrected chi connectivity index (χ2v) is 9.86. The number of nitrogens with zero attached hydrogens (tertiary/aromatic N) is 2. The van der Waals surface area contributed by atoms with Crippen molar-refractivity contribution in [2.75, 3.05) is 4.90 Å². The normalized spacial score (nSPS) is 20.6. The number of para-hydroxylation sites is 1. The second-order valence-electron chi connectivity index (χ2n) is 9.86. The molecule has 1 aliphatic heterocycles. The minimum absolute atomic E-state index is 0.199. The van der Waals surface area contributed by atoms with Crippen LogP contribution in [-0.4, -0.2) is 17.0 Å². The zero-order chi connectivity index (χ0) is 23.5. The van der Waals surface area contributed by atoms with Crippen LogP contribution in [0.4, 0.5) is 5.69 Å². The average Bonchev–Trinajstić information content (AvgIpc) is 3.36. The highest BCUT2D eigenvalue weighted by molar-refractivity contribution is 5.89. The Bertz CT molecular complexity index is 1270. The van der Waals surface area contributed by atoms with Crippen LogP contribution in [0, 0.1) is 0 Å². The van der Waals surface area contributed by atoms with Crippen molar-refractivity contribution in [1.29, 1.82) is 0 Å². The molecule has 6 rings (SSSR count). The fourth-order valence-corrected chi connectivity index (χ4v) is 6.07. The van der Waals surface area contributed by atoms with Crippen LogP contribution in [0.15, 0.2) is 115 Å². The lowest BCUT2D eigenvalue weighted by Crippen LogP contribution is -2.31. The molecular formula is C33H33N2+. The monoisotopic (exact) mass is 457 g/mol. The van der Waals surface area contributed by atoms with Gasteiger partial charge in [0, 0.05) is 16.7 Å². The van der Waals surface area contributed by atoms with Gasteiger partial charge in [0.1, 0.15) is 5.69 Å². The summed E-state index contributed by atoms with van der Waals surface area (Å²) in [6.07, 6.45) is 9.02. The van der Waals surface area contributed by atoms with Crippen molar-refractivity contribution in [2.45, 2.75) is 50.2 Å². The summed E-state index contributed by atoms with van der Waals surface area (Å²) in [5.74, 6) is 0. The first-order valence-corrected chi connectivity index (χ1v) is 13.1. The number of anilines is 1. The lowest BCUT2D eigenvalue weighted by molar-refractivity contribution is -0.602. The maximum atomic E-state index is 2.70. The summed E-state index contributed by atoms with van der Waals surface area (Å²) in [5, 5.41) is 0. The van der Waals surface area contributed by atoms with Gasteiger partial charge in [-0.05, 0) is 37.3 Å². The predicted molar refractivity (Wildman–Crippen MR) is 146 cm³/mol. The molecule has 35 heavy (non-hydrogen) atoms. The van der Waals surface area contributed by atoms with Crippen molar-refractivity contribution in [1.82, 2.24) is 0 Å². The molecule has 1 saturated carbocycles. The molecule has 0 unspecified atom stereocenters. The molecule has 1 heterocycles. The molecule has 4 aromatic rings. The molecular weight excluding hydrogens is 424 g/mol. The van der Waals surface area contributed by atoms with E-state index in [1.54, 1.807) is 0 Å². The molecule has 0 amide bonds. The highest BCUT2D eigenvalue weighted by atomic mass is 15.3. The molecule has 0 aromatic heterocycles. The number of hydrogen-bond acceptors (Lipinski definition) is 1. The fourth-order valence-electron chi connectivity index (χ4n) is 6.07. The molecule has 2 atom stereocenters. The van der Waals surface area contributed by atoms with E-state index in [2.05, 4.69) is 131 Å². The van der Waals surface area contributed by atoms with Gasteiger partial charge in [-0.1, -0.05) is 116 Å². The zero-order valence-corrected chi connectivity index (χ0v) is 20.2. The average molecular weight is 458 g/mol. The molecule has 2 heteroatoms. The number of benzene rings is 4. The van der Waals surface area contributed by atoms with Gasteiger partial charge in [-0.15, -0.1) is 0 Å². The van der Waals surface area contributed by atoms with Crippen molar-refractivity contribution >= 4 is 12.0 Å². The smallest absolute Gasteiger partial charge is 0.240 e. The van der Waals surface area contributed by atoms with Crippen LogP contribution < -0.4 is 4.90 Å². The summed E-state index contributed by atoms with van der Waals surface area (Å²) < 4.78 is 2.70.